The molecule has 2 aromatic carbocycles. The second-order valence-electron chi connectivity index (χ2n) is 8.04. The molecule has 2 aromatic rings. The van der Waals surface area contributed by atoms with E-state index in [9.17, 15) is 22.7 Å². The fourth-order valence-electron chi connectivity index (χ4n) is 3.47. The van der Waals surface area contributed by atoms with Gasteiger partial charge in [-0.3, -0.25) is 9.63 Å². The van der Waals surface area contributed by atoms with Gasteiger partial charge in [-0.25, -0.2) is 18.3 Å². The highest BCUT2D eigenvalue weighted by molar-refractivity contribution is 7.89. The van der Waals surface area contributed by atoms with Crippen molar-refractivity contribution < 1.29 is 32.3 Å². The number of hydrogen-bond acceptors (Lipinski definition) is 6. The zero-order chi connectivity index (χ0) is 24.1. The Labute approximate surface area is 192 Å². The van der Waals surface area contributed by atoms with Crippen molar-refractivity contribution in [2.75, 3.05) is 13.2 Å². The van der Waals surface area contributed by atoms with Crippen molar-refractivity contribution in [3.8, 4) is 5.75 Å². The average Bonchev–Trinajstić information content (AvgIpc) is 2.78. The molecule has 0 spiro atoms. The van der Waals surface area contributed by atoms with Crippen molar-refractivity contribution >= 4 is 15.9 Å². The predicted octanol–water partition coefficient (Wildman–Crippen LogP) is 2.54. The lowest BCUT2D eigenvalue weighted by molar-refractivity contribution is -0.141. The molecule has 0 radical (unpaired) electrons. The van der Waals surface area contributed by atoms with Gasteiger partial charge in [0.1, 0.15) is 24.2 Å². The highest BCUT2D eigenvalue weighted by Crippen LogP contribution is 2.31. The Hall–Kier alpha value is -2.79. The van der Waals surface area contributed by atoms with Gasteiger partial charge in [-0.15, -0.1) is 6.58 Å². The van der Waals surface area contributed by atoms with Crippen LogP contribution in [-0.4, -0.2) is 48.5 Å². The zero-order valence-corrected chi connectivity index (χ0v) is 19.1. The Kier molecular flexibility index (Phi) is 7.85. The summed E-state index contributed by atoms with van der Waals surface area (Å²) in [6.45, 7) is 5.27. The van der Waals surface area contributed by atoms with Crippen LogP contribution in [0.25, 0.3) is 0 Å². The number of benzene rings is 2. The summed E-state index contributed by atoms with van der Waals surface area (Å²) in [7, 11) is -4.04. The van der Waals surface area contributed by atoms with E-state index in [-0.39, 0.29) is 43.3 Å². The highest BCUT2D eigenvalue weighted by Gasteiger charge is 2.44. The van der Waals surface area contributed by atoms with E-state index in [4.69, 9.17) is 9.57 Å². The first-order chi connectivity index (χ1) is 15.6. The maximum atomic E-state index is 13.3. The van der Waals surface area contributed by atoms with E-state index < -0.39 is 27.6 Å². The van der Waals surface area contributed by atoms with Gasteiger partial charge >= 0.3 is 0 Å². The number of halogens is 1. The Bertz CT molecular complexity index is 1070. The molecule has 0 aliphatic carbocycles. The number of piperidine rings is 1. The first-order valence-corrected chi connectivity index (χ1v) is 11.8. The zero-order valence-electron chi connectivity index (χ0n) is 18.2. The monoisotopic (exact) mass is 478 g/mol. The standard InChI is InChI=1S/C23H27FN2O6S/c1-3-14-32-25-22(27)21-15-23(2,28)12-13-26(21)33(29,30)20-10-8-19(9-11-20)31-16-17-4-6-18(24)7-5-17/h3-11,21,28H,1,12-16H2,2H3,(H,25,27). The molecule has 1 heterocycles. The van der Waals surface area contributed by atoms with Crippen LogP contribution in [0.15, 0.2) is 66.1 Å². The lowest BCUT2D eigenvalue weighted by atomic mass is 9.89. The number of ether oxygens (including phenoxy) is 1. The number of aliphatic hydroxyl groups is 1. The number of hydroxylamine groups is 1. The number of carbonyl (C=O) groups excluding carboxylic acids is 1. The molecule has 8 nitrogen and oxygen atoms in total. The van der Waals surface area contributed by atoms with Crippen molar-refractivity contribution in [3.05, 3.63) is 72.6 Å². The maximum Gasteiger partial charge on any atom is 0.262 e. The van der Waals surface area contributed by atoms with Crippen LogP contribution in [0, 0.1) is 5.82 Å². The third kappa shape index (κ3) is 6.38. The molecule has 3 rings (SSSR count). The molecule has 33 heavy (non-hydrogen) atoms. The molecule has 0 bridgehead atoms. The van der Waals surface area contributed by atoms with E-state index in [1.807, 2.05) is 0 Å². The number of nitrogens with zero attached hydrogens (tertiary/aromatic N) is 1. The van der Waals surface area contributed by atoms with E-state index in [0.29, 0.717) is 5.75 Å². The smallest absolute Gasteiger partial charge is 0.262 e. The van der Waals surface area contributed by atoms with E-state index in [1.54, 1.807) is 19.1 Å². The van der Waals surface area contributed by atoms with Gasteiger partial charge < -0.3 is 9.84 Å². The van der Waals surface area contributed by atoms with Crippen molar-refractivity contribution in [2.24, 2.45) is 0 Å². The molecule has 10 heteroatoms. The number of carbonyl (C=O) groups is 1. The molecule has 0 aromatic heterocycles. The molecule has 1 saturated heterocycles. The van der Waals surface area contributed by atoms with Crippen molar-refractivity contribution in [1.82, 2.24) is 9.79 Å². The largest absolute Gasteiger partial charge is 0.489 e. The molecule has 0 saturated carbocycles. The number of nitrogens with one attached hydrogen (secondary N) is 1. The third-order valence-electron chi connectivity index (χ3n) is 5.28. The summed E-state index contributed by atoms with van der Waals surface area (Å²) < 4.78 is 46.3. The first-order valence-electron chi connectivity index (χ1n) is 10.4. The van der Waals surface area contributed by atoms with Crippen LogP contribution in [0.4, 0.5) is 4.39 Å². The summed E-state index contributed by atoms with van der Waals surface area (Å²) in [5, 5.41) is 10.4. The number of rotatable bonds is 9. The Balaban J connectivity index is 1.73. The van der Waals surface area contributed by atoms with Crippen LogP contribution in [0.1, 0.15) is 25.3 Å². The van der Waals surface area contributed by atoms with Crippen LogP contribution in [0.2, 0.25) is 0 Å². The molecule has 2 N–H and O–H groups in total. The topological polar surface area (TPSA) is 105 Å². The van der Waals surface area contributed by atoms with E-state index in [0.717, 1.165) is 9.87 Å². The predicted molar refractivity (Wildman–Crippen MR) is 119 cm³/mol. The minimum Gasteiger partial charge on any atom is -0.489 e. The van der Waals surface area contributed by atoms with Gasteiger partial charge in [0.15, 0.2) is 0 Å². The normalized spacial score (nSPS) is 21.4. The minimum atomic E-state index is -4.04. The maximum absolute atomic E-state index is 13.3. The van der Waals surface area contributed by atoms with E-state index in [1.165, 1.54) is 42.5 Å². The lowest BCUT2D eigenvalue weighted by Crippen LogP contribution is -2.57. The van der Waals surface area contributed by atoms with E-state index in [2.05, 4.69) is 12.1 Å². The van der Waals surface area contributed by atoms with Crippen molar-refractivity contribution in [2.45, 2.75) is 42.9 Å². The van der Waals surface area contributed by atoms with Gasteiger partial charge in [-0.2, -0.15) is 4.31 Å². The van der Waals surface area contributed by atoms with Crippen molar-refractivity contribution in [1.29, 1.82) is 0 Å². The van der Waals surface area contributed by atoms with Gasteiger partial charge in [0.05, 0.1) is 17.1 Å². The van der Waals surface area contributed by atoms with Crippen LogP contribution in [-0.2, 0) is 26.3 Å². The molecule has 1 fully saturated rings. The van der Waals surface area contributed by atoms with Gasteiger partial charge in [-0.1, -0.05) is 18.2 Å². The van der Waals surface area contributed by atoms with Crippen LogP contribution < -0.4 is 10.2 Å². The molecule has 2 atom stereocenters. The molecule has 2 unspecified atom stereocenters. The van der Waals surface area contributed by atoms with Gasteiger partial charge in [0.2, 0.25) is 10.0 Å². The van der Waals surface area contributed by atoms with E-state index >= 15 is 0 Å². The molecule has 1 aliphatic heterocycles. The second-order valence-corrected chi connectivity index (χ2v) is 9.93. The van der Waals surface area contributed by atoms with Crippen molar-refractivity contribution in [3.63, 3.8) is 0 Å². The summed E-state index contributed by atoms with van der Waals surface area (Å²) in [5.74, 6) is -0.571. The molecular formula is C23H27FN2O6S. The second kappa shape index (κ2) is 10.4. The van der Waals surface area contributed by atoms with Crippen LogP contribution >= 0.6 is 0 Å². The Morgan fingerprint density at radius 1 is 1.27 bits per heavy atom. The summed E-state index contributed by atoms with van der Waals surface area (Å²) >= 11 is 0. The fraction of sp³-hybridized carbons (Fsp3) is 0.348. The van der Waals surface area contributed by atoms with Gasteiger partial charge in [0.25, 0.3) is 5.91 Å². The summed E-state index contributed by atoms with van der Waals surface area (Å²) in [6, 6.07) is 10.5. The third-order valence-corrected chi connectivity index (χ3v) is 7.20. The Morgan fingerprint density at radius 2 is 1.94 bits per heavy atom. The van der Waals surface area contributed by atoms with Crippen LogP contribution in [0.5, 0.6) is 5.75 Å². The molecular weight excluding hydrogens is 451 g/mol. The first kappa shape index (κ1) is 24.8. The number of amides is 1. The molecule has 1 amide bonds. The lowest BCUT2D eigenvalue weighted by Gasteiger charge is -2.40. The van der Waals surface area contributed by atoms with Crippen LogP contribution in [0.3, 0.4) is 0 Å². The molecule has 178 valence electrons. The fourth-order valence-corrected chi connectivity index (χ4v) is 5.06. The number of hydrogen-bond donors (Lipinski definition) is 2. The number of sulfonamides is 1. The highest BCUT2D eigenvalue weighted by atomic mass is 32.2. The average molecular weight is 479 g/mol. The van der Waals surface area contributed by atoms with Gasteiger partial charge in [0, 0.05) is 13.0 Å². The molecule has 1 aliphatic rings. The Morgan fingerprint density at radius 3 is 2.58 bits per heavy atom. The summed E-state index contributed by atoms with van der Waals surface area (Å²) in [5.41, 5.74) is 1.79. The summed E-state index contributed by atoms with van der Waals surface area (Å²) in [4.78, 5) is 17.6. The SMILES string of the molecule is C=CCONC(=O)C1CC(C)(O)CCN1S(=O)(=O)c1ccc(OCc2ccc(F)cc2)cc1. The minimum absolute atomic E-state index is 0.0111. The summed E-state index contributed by atoms with van der Waals surface area (Å²) in [6.07, 6.45) is 1.54. The quantitative estimate of drug-likeness (QED) is 0.326. The van der Waals surface area contributed by atoms with Gasteiger partial charge in [-0.05, 0) is 55.3 Å².